The quantitative estimate of drug-likeness (QED) is 0.598. The van der Waals surface area contributed by atoms with Crippen LogP contribution < -0.4 is 5.32 Å². The molecule has 36 heavy (non-hydrogen) atoms. The maximum Gasteiger partial charge on any atom is 0.433 e. The number of piperidine rings is 1. The summed E-state index contributed by atoms with van der Waals surface area (Å²) in [6, 6.07) is 0.784. The van der Waals surface area contributed by atoms with E-state index in [1.165, 1.54) is 16.2 Å². The lowest BCUT2D eigenvalue weighted by atomic mass is 9.98. The summed E-state index contributed by atoms with van der Waals surface area (Å²) in [4.78, 5) is 47.8. The summed E-state index contributed by atoms with van der Waals surface area (Å²) < 4.78 is 41.3. The minimum atomic E-state index is -4.67. The number of fused-ring (bicyclic) bond motifs is 1. The zero-order chi connectivity index (χ0) is 26.0. The molecule has 0 saturated carbocycles. The van der Waals surface area contributed by atoms with Crippen LogP contribution in [0, 0.1) is 5.92 Å². The Morgan fingerprint density at radius 1 is 1.31 bits per heavy atom. The molecule has 2 aliphatic heterocycles. The van der Waals surface area contributed by atoms with E-state index in [-0.39, 0.29) is 61.4 Å². The van der Waals surface area contributed by atoms with Gasteiger partial charge in [0.25, 0.3) is 0 Å². The monoisotopic (exact) mass is 525 g/mol. The van der Waals surface area contributed by atoms with Gasteiger partial charge in [0.2, 0.25) is 11.8 Å². The Bertz CT molecular complexity index is 1140. The van der Waals surface area contributed by atoms with Crippen molar-refractivity contribution in [2.24, 2.45) is 5.92 Å². The van der Waals surface area contributed by atoms with E-state index in [0.717, 1.165) is 6.42 Å². The number of alkyl halides is 3. The van der Waals surface area contributed by atoms with E-state index >= 15 is 0 Å². The standard InChI is InChI=1S/C23H26F3N5O4S/c1-13-2-3-18(32)31(9-13)10-15(27-22(34)35)8-19(33)30-6-4-16-17(11-30)28-21(14-5-7-36-12-14)29-20(16)23(24,25)26/h5,7,12-13,15,27H,2-4,6,8-11H2,1H3,(H,34,35)/t13-,15+/m1/s1. The molecule has 2 N–H and O–H groups in total. The number of likely N-dealkylation sites (tertiary alicyclic amines) is 1. The molecular formula is C23H26F3N5O4S. The number of aromatic nitrogens is 2. The van der Waals surface area contributed by atoms with Crippen LogP contribution in [-0.4, -0.2) is 68.5 Å². The molecule has 0 spiro atoms. The first kappa shape index (κ1) is 25.9. The Labute approximate surface area is 209 Å². The second-order valence-electron chi connectivity index (χ2n) is 9.19. The van der Waals surface area contributed by atoms with Crippen LogP contribution in [0.15, 0.2) is 16.8 Å². The van der Waals surface area contributed by atoms with E-state index in [2.05, 4.69) is 15.3 Å². The third-order valence-corrected chi connectivity index (χ3v) is 7.07. The summed E-state index contributed by atoms with van der Waals surface area (Å²) in [6.45, 7) is 2.40. The van der Waals surface area contributed by atoms with Crippen LogP contribution in [0.5, 0.6) is 0 Å². The maximum absolute atomic E-state index is 13.8. The van der Waals surface area contributed by atoms with Gasteiger partial charge < -0.3 is 20.2 Å². The molecule has 13 heteroatoms. The average molecular weight is 526 g/mol. The molecule has 4 rings (SSSR count). The van der Waals surface area contributed by atoms with E-state index in [9.17, 15) is 32.7 Å². The molecule has 4 heterocycles. The topological polar surface area (TPSA) is 116 Å². The summed E-state index contributed by atoms with van der Waals surface area (Å²) >= 11 is 1.31. The third-order valence-electron chi connectivity index (χ3n) is 6.39. The molecule has 1 saturated heterocycles. The number of halogens is 3. The SMILES string of the molecule is C[C@@H]1CCC(=O)N(C[C@H](CC(=O)N2CCc3c(nc(-c4ccsc4)nc3C(F)(F)F)C2)NC(=O)O)C1. The van der Waals surface area contributed by atoms with Gasteiger partial charge in [-0.15, -0.1) is 0 Å². The fourth-order valence-electron chi connectivity index (χ4n) is 4.61. The number of thiophene rings is 1. The minimum Gasteiger partial charge on any atom is -0.465 e. The van der Waals surface area contributed by atoms with Gasteiger partial charge in [-0.2, -0.15) is 24.5 Å². The first-order valence-electron chi connectivity index (χ1n) is 11.6. The van der Waals surface area contributed by atoms with Gasteiger partial charge in [-0.1, -0.05) is 6.92 Å². The second kappa shape index (κ2) is 10.4. The van der Waals surface area contributed by atoms with E-state index in [4.69, 9.17) is 0 Å². The van der Waals surface area contributed by atoms with E-state index in [1.807, 2.05) is 6.92 Å². The zero-order valence-corrected chi connectivity index (χ0v) is 20.4. The van der Waals surface area contributed by atoms with Crippen LogP contribution in [0.3, 0.4) is 0 Å². The molecular weight excluding hydrogens is 499 g/mol. The summed E-state index contributed by atoms with van der Waals surface area (Å²) in [5.74, 6) is -0.315. The van der Waals surface area contributed by atoms with Gasteiger partial charge in [0.15, 0.2) is 11.5 Å². The summed E-state index contributed by atoms with van der Waals surface area (Å²) in [6.07, 6.45) is -5.16. The van der Waals surface area contributed by atoms with E-state index < -0.39 is 29.9 Å². The molecule has 194 valence electrons. The Balaban J connectivity index is 1.53. The number of carbonyl (C=O) groups excluding carboxylic acids is 2. The first-order valence-corrected chi connectivity index (χ1v) is 12.5. The highest BCUT2D eigenvalue weighted by Gasteiger charge is 2.39. The number of hydrogen-bond donors (Lipinski definition) is 2. The molecule has 2 aromatic rings. The van der Waals surface area contributed by atoms with Crippen molar-refractivity contribution in [3.8, 4) is 11.4 Å². The van der Waals surface area contributed by atoms with Crippen molar-refractivity contribution in [1.29, 1.82) is 0 Å². The molecule has 9 nitrogen and oxygen atoms in total. The summed E-state index contributed by atoms with van der Waals surface area (Å²) in [7, 11) is 0. The Morgan fingerprint density at radius 3 is 2.75 bits per heavy atom. The Hall–Kier alpha value is -3.22. The predicted molar refractivity (Wildman–Crippen MR) is 124 cm³/mol. The zero-order valence-electron chi connectivity index (χ0n) is 19.5. The predicted octanol–water partition coefficient (Wildman–Crippen LogP) is 3.39. The normalized spacial score (nSPS) is 19.1. The number of nitrogens with one attached hydrogen (secondary N) is 1. The molecule has 0 unspecified atom stereocenters. The van der Waals surface area contributed by atoms with Gasteiger partial charge in [0.05, 0.1) is 18.3 Å². The number of carboxylic acid groups (broad SMARTS) is 1. The molecule has 2 aromatic heterocycles. The van der Waals surface area contributed by atoms with Crippen LogP contribution in [-0.2, 0) is 28.7 Å². The average Bonchev–Trinajstić information content (AvgIpc) is 3.34. The Kier molecular flexibility index (Phi) is 7.48. The van der Waals surface area contributed by atoms with Crippen molar-refractivity contribution in [3.05, 3.63) is 33.8 Å². The molecule has 0 bridgehead atoms. The lowest BCUT2D eigenvalue weighted by molar-refractivity contribution is -0.142. The largest absolute Gasteiger partial charge is 0.465 e. The van der Waals surface area contributed by atoms with E-state index in [0.29, 0.717) is 18.5 Å². The van der Waals surface area contributed by atoms with Crippen LogP contribution in [0.4, 0.5) is 18.0 Å². The smallest absolute Gasteiger partial charge is 0.433 e. The van der Waals surface area contributed by atoms with Gasteiger partial charge in [0.1, 0.15) is 0 Å². The highest BCUT2D eigenvalue weighted by atomic mass is 32.1. The van der Waals surface area contributed by atoms with Crippen molar-refractivity contribution < 1.29 is 32.7 Å². The third kappa shape index (κ3) is 5.94. The Morgan fingerprint density at radius 2 is 2.08 bits per heavy atom. The van der Waals surface area contributed by atoms with E-state index in [1.54, 1.807) is 21.7 Å². The van der Waals surface area contributed by atoms with Gasteiger partial charge >= 0.3 is 12.3 Å². The van der Waals surface area contributed by atoms with Crippen molar-refractivity contribution in [3.63, 3.8) is 0 Å². The molecule has 2 aliphatic rings. The minimum absolute atomic E-state index is 0.0234. The van der Waals surface area contributed by atoms with Gasteiger partial charge in [-0.25, -0.2) is 14.8 Å². The highest BCUT2D eigenvalue weighted by molar-refractivity contribution is 7.08. The van der Waals surface area contributed by atoms with Crippen LogP contribution >= 0.6 is 11.3 Å². The number of hydrogen-bond acceptors (Lipinski definition) is 6. The first-order chi connectivity index (χ1) is 17.0. The number of amides is 3. The molecule has 0 aromatic carbocycles. The number of carbonyl (C=O) groups is 3. The fourth-order valence-corrected chi connectivity index (χ4v) is 5.25. The maximum atomic E-state index is 13.8. The fraction of sp³-hybridized carbons (Fsp3) is 0.522. The lowest BCUT2D eigenvalue weighted by Gasteiger charge is -2.35. The van der Waals surface area contributed by atoms with Crippen LogP contribution in [0.2, 0.25) is 0 Å². The number of nitrogens with zero attached hydrogens (tertiary/aromatic N) is 4. The van der Waals surface area contributed by atoms with Crippen LogP contribution in [0.25, 0.3) is 11.4 Å². The summed E-state index contributed by atoms with van der Waals surface area (Å²) in [5.41, 5.74) is -0.439. The molecule has 3 amide bonds. The van der Waals surface area contributed by atoms with Crippen molar-refractivity contribution in [2.75, 3.05) is 19.6 Å². The van der Waals surface area contributed by atoms with Crippen molar-refractivity contribution >= 4 is 29.2 Å². The lowest BCUT2D eigenvalue weighted by Crippen LogP contribution is -2.50. The summed E-state index contributed by atoms with van der Waals surface area (Å²) in [5, 5.41) is 14.9. The molecule has 2 atom stereocenters. The van der Waals surface area contributed by atoms with Crippen molar-refractivity contribution in [2.45, 2.75) is 51.4 Å². The van der Waals surface area contributed by atoms with Gasteiger partial charge in [-0.05, 0) is 30.2 Å². The van der Waals surface area contributed by atoms with Crippen LogP contribution in [0.1, 0.15) is 43.1 Å². The highest BCUT2D eigenvalue weighted by Crippen LogP contribution is 2.35. The van der Waals surface area contributed by atoms with Crippen molar-refractivity contribution in [1.82, 2.24) is 25.1 Å². The molecule has 0 aliphatic carbocycles. The van der Waals surface area contributed by atoms with Gasteiger partial charge in [-0.3, -0.25) is 9.59 Å². The molecule has 0 radical (unpaired) electrons. The molecule has 1 fully saturated rings. The second-order valence-corrected chi connectivity index (χ2v) is 9.97. The van der Waals surface area contributed by atoms with Gasteiger partial charge in [0, 0.05) is 49.0 Å². The number of rotatable bonds is 6.